The molecule has 1 saturated heterocycles. The summed E-state index contributed by atoms with van der Waals surface area (Å²) in [6.07, 6.45) is 0. The summed E-state index contributed by atoms with van der Waals surface area (Å²) in [7, 11) is 0. The van der Waals surface area contributed by atoms with Gasteiger partial charge in [0.15, 0.2) is 0 Å². The quantitative estimate of drug-likeness (QED) is 0.541. The molecule has 3 aromatic carbocycles. The summed E-state index contributed by atoms with van der Waals surface area (Å²) in [6, 6.07) is 21.4. The number of benzene rings is 3. The van der Waals surface area contributed by atoms with Gasteiger partial charge in [0.2, 0.25) is 5.91 Å². The number of imide groups is 1. The molecule has 7 heteroatoms. The summed E-state index contributed by atoms with van der Waals surface area (Å²) < 4.78 is 14.7. The molecule has 3 aromatic rings. The van der Waals surface area contributed by atoms with E-state index in [9.17, 15) is 14.0 Å². The SMILES string of the molecule is O=C1[C@@H]2C(c3ccc(Br)cc3)=NN(c3ccccc3)[C@@H]2C(=O)N1c1cccc(F)c1. The molecule has 0 spiro atoms. The summed E-state index contributed by atoms with van der Waals surface area (Å²) in [5.74, 6) is -2.11. The lowest BCUT2D eigenvalue weighted by molar-refractivity contribution is -0.121. The molecule has 0 aliphatic carbocycles. The van der Waals surface area contributed by atoms with Gasteiger partial charge in [0.05, 0.1) is 17.1 Å². The van der Waals surface area contributed by atoms with E-state index in [0.29, 0.717) is 11.4 Å². The Morgan fingerprint density at radius 3 is 2.23 bits per heavy atom. The normalized spacial score (nSPS) is 20.5. The highest BCUT2D eigenvalue weighted by atomic mass is 79.9. The molecule has 0 N–H and O–H groups in total. The zero-order valence-electron chi connectivity index (χ0n) is 15.6. The van der Waals surface area contributed by atoms with E-state index in [1.807, 2.05) is 54.6 Å². The van der Waals surface area contributed by atoms with Gasteiger partial charge in [0.1, 0.15) is 17.8 Å². The molecule has 2 atom stereocenters. The first kappa shape index (κ1) is 18.7. The van der Waals surface area contributed by atoms with Crippen LogP contribution in [0.25, 0.3) is 0 Å². The number of amides is 2. The van der Waals surface area contributed by atoms with Gasteiger partial charge in [-0.1, -0.05) is 52.3 Å². The third-order valence-electron chi connectivity index (χ3n) is 5.28. The smallest absolute Gasteiger partial charge is 0.259 e. The van der Waals surface area contributed by atoms with Crippen LogP contribution in [-0.4, -0.2) is 23.6 Å². The van der Waals surface area contributed by atoms with Crippen LogP contribution in [0.5, 0.6) is 0 Å². The molecule has 5 nitrogen and oxygen atoms in total. The number of fused-ring (bicyclic) bond motifs is 1. The number of hydrogen-bond donors (Lipinski definition) is 0. The molecule has 30 heavy (non-hydrogen) atoms. The predicted octanol–water partition coefficient (Wildman–Crippen LogP) is 4.37. The molecule has 1 fully saturated rings. The van der Waals surface area contributed by atoms with Crippen LogP contribution in [0.1, 0.15) is 5.56 Å². The number of para-hydroxylation sites is 1. The van der Waals surface area contributed by atoms with Crippen LogP contribution >= 0.6 is 15.9 Å². The standard InChI is InChI=1S/C23H15BrFN3O2/c24-15-11-9-14(10-12-15)20-19-21(28(26-20)17-6-2-1-3-7-17)23(30)27(22(19)29)18-8-4-5-16(25)13-18/h1-13,19,21H/t19-,21+/m1/s1. The number of rotatable bonds is 3. The van der Waals surface area contributed by atoms with Gasteiger partial charge >= 0.3 is 0 Å². The number of carbonyl (C=O) groups excluding carboxylic acids is 2. The second kappa shape index (κ2) is 7.18. The molecule has 2 heterocycles. The maximum atomic E-state index is 13.8. The average Bonchev–Trinajstić information content (AvgIpc) is 3.26. The van der Waals surface area contributed by atoms with Crippen LogP contribution in [0.4, 0.5) is 15.8 Å². The predicted molar refractivity (Wildman–Crippen MR) is 116 cm³/mol. The van der Waals surface area contributed by atoms with Crippen molar-refractivity contribution < 1.29 is 14.0 Å². The fraction of sp³-hybridized carbons (Fsp3) is 0.0870. The van der Waals surface area contributed by atoms with Gasteiger partial charge in [-0.15, -0.1) is 0 Å². The molecular formula is C23H15BrFN3O2. The Kier molecular flexibility index (Phi) is 4.47. The fourth-order valence-electron chi connectivity index (χ4n) is 3.94. The summed E-state index contributed by atoms with van der Waals surface area (Å²) in [6.45, 7) is 0. The largest absolute Gasteiger partial charge is 0.273 e. The first-order valence-electron chi connectivity index (χ1n) is 9.37. The summed E-state index contributed by atoms with van der Waals surface area (Å²) in [4.78, 5) is 27.9. The van der Waals surface area contributed by atoms with Crippen molar-refractivity contribution in [2.24, 2.45) is 11.0 Å². The molecule has 2 aliphatic heterocycles. The molecule has 0 saturated carbocycles. The minimum Gasteiger partial charge on any atom is -0.273 e. The molecule has 5 rings (SSSR count). The highest BCUT2D eigenvalue weighted by Crippen LogP contribution is 2.39. The topological polar surface area (TPSA) is 53.0 Å². The van der Waals surface area contributed by atoms with Crippen molar-refractivity contribution in [3.05, 3.63) is 94.7 Å². The Hall–Kier alpha value is -3.32. The van der Waals surface area contributed by atoms with E-state index in [0.717, 1.165) is 14.9 Å². The Balaban J connectivity index is 1.64. The van der Waals surface area contributed by atoms with E-state index in [4.69, 9.17) is 0 Å². The van der Waals surface area contributed by atoms with Crippen molar-refractivity contribution in [2.45, 2.75) is 6.04 Å². The molecule has 0 radical (unpaired) electrons. The molecule has 148 valence electrons. The van der Waals surface area contributed by atoms with Crippen molar-refractivity contribution in [2.75, 3.05) is 9.91 Å². The zero-order chi connectivity index (χ0) is 20.8. The average molecular weight is 464 g/mol. The number of hydrazone groups is 1. The van der Waals surface area contributed by atoms with Crippen LogP contribution in [0, 0.1) is 11.7 Å². The minimum absolute atomic E-state index is 0.225. The van der Waals surface area contributed by atoms with Gasteiger partial charge < -0.3 is 0 Å². The maximum Gasteiger partial charge on any atom is 0.259 e. The molecule has 2 amide bonds. The lowest BCUT2D eigenvalue weighted by Crippen LogP contribution is -2.39. The maximum absolute atomic E-state index is 13.8. The van der Waals surface area contributed by atoms with E-state index in [2.05, 4.69) is 21.0 Å². The Morgan fingerprint density at radius 1 is 0.833 bits per heavy atom. The van der Waals surface area contributed by atoms with Crippen molar-refractivity contribution in [1.29, 1.82) is 0 Å². The van der Waals surface area contributed by atoms with E-state index < -0.39 is 29.6 Å². The van der Waals surface area contributed by atoms with Crippen molar-refractivity contribution in [1.82, 2.24) is 0 Å². The van der Waals surface area contributed by atoms with Crippen LogP contribution < -0.4 is 9.91 Å². The Labute approximate surface area is 180 Å². The zero-order valence-corrected chi connectivity index (χ0v) is 17.2. The van der Waals surface area contributed by atoms with E-state index in [1.54, 1.807) is 11.1 Å². The third-order valence-corrected chi connectivity index (χ3v) is 5.80. The number of hydrogen-bond acceptors (Lipinski definition) is 4. The monoisotopic (exact) mass is 463 g/mol. The molecule has 2 aliphatic rings. The molecule has 0 aromatic heterocycles. The first-order valence-corrected chi connectivity index (χ1v) is 10.2. The fourth-order valence-corrected chi connectivity index (χ4v) is 4.20. The second-order valence-corrected chi connectivity index (χ2v) is 8.00. The lowest BCUT2D eigenvalue weighted by atomic mass is 9.93. The summed E-state index contributed by atoms with van der Waals surface area (Å²) >= 11 is 3.41. The van der Waals surface area contributed by atoms with Gasteiger partial charge in [-0.2, -0.15) is 5.10 Å². The summed E-state index contributed by atoms with van der Waals surface area (Å²) in [5.41, 5.74) is 2.21. The Morgan fingerprint density at radius 2 is 1.53 bits per heavy atom. The molecule has 0 bridgehead atoms. The summed E-state index contributed by atoms with van der Waals surface area (Å²) in [5, 5.41) is 6.28. The number of nitrogens with zero attached hydrogens (tertiary/aromatic N) is 3. The van der Waals surface area contributed by atoms with Crippen molar-refractivity contribution >= 4 is 44.8 Å². The van der Waals surface area contributed by atoms with Crippen LogP contribution in [-0.2, 0) is 9.59 Å². The van der Waals surface area contributed by atoms with Gasteiger partial charge in [-0.25, -0.2) is 9.29 Å². The van der Waals surface area contributed by atoms with E-state index >= 15 is 0 Å². The van der Waals surface area contributed by atoms with Crippen LogP contribution in [0.15, 0.2) is 88.4 Å². The molecule has 0 unspecified atom stereocenters. The van der Waals surface area contributed by atoms with Gasteiger partial charge in [0.25, 0.3) is 5.91 Å². The van der Waals surface area contributed by atoms with Crippen LogP contribution in [0.2, 0.25) is 0 Å². The van der Waals surface area contributed by atoms with E-state index in [-0.39, 0.29) is 5.69 Å². The number of anilines is 2. The van der Waals surface area contributed by atoms with Crippen LogP contribution in [0.3, 0.4) is 0 Å². The van der Waals surface area contributed by atoms with Gasteiger partial charge in [-0.05, 0) is 48.0 Å². The van der Waals surface area contributed by atoms with Crippen molar-refractivity contribution in [3.63, 3.8) is 0 Å². The third kappa shape index (κ3) is 2.93. The highest BCUT2D eigenvalue weighted by Gasteiger charge is 2.57. The lowest BCUT2D eigenvalue weighted by Gasteiger charge is -2.22. The number of carbonyl (C=O) groups is 2. The van der Waals surface area contributed by atoms with E-state index in [1.165, 1.54) is 18.2 Å². The number of halogens is 2. The Bertz CT molecular complexity index is 1180. The van der Waals surface area contributed by atoms with Gasteiger partial charge in [0, 0.05) is 4.47 Å². The second-order valence-electron chi connectivity index (χ2n) is 7.09. The van der Waals surface area contributed by atoms with Gasteiger partial charge in [-0.3, -0.25) is 14.6 Å². The minimum atomic E-state index is -0.818. The first-order chi connectivity index (χ1) is 14.5. The highest BCUT2D eigenvalue weighted by molar-refractivity contribution is 9.10. The van der Waals surface area contributed by atoms with Crippen molar-refractivity contribution in [3.8, 4) is 0 Å². The molecular weight excluding hydrogens is 449 g/mol.